The molecule has 5 heteroatoms. The fraction of sp³-hybridized carbons (Fsp3) is 0.600. The normalized spacial score (nSPS) is 12.1. The summed E-state index contributed by atoms with van der Waals surface area (Å²) < 4.78 is 33.0. The molecule has 0 radical (unpaired) electrons. The van der Waals surface area contributed by atoms with Gasteiger partial charge in [-0.2, -0.15) is 0 Å². The second-order valence-electron chi connectivity index (χ2n) is 8.05. The highest BCUT2D eigenvalue weighted by Crippen LogP contribution is 2.24. The summed E-state index contributed by atoms with van der Waals surface area (Å²) >= 11 is 0. The molecular formula is C25H36F2N2O. The van der Waals surface area contributed by atoms with Gasteiger partial charge in [-0.25, -0.2) is 18.7 Å². The van der Waals surface area contributed by atoms with Crippen molar-refractivity contribution in [3.8, 4) is 17.1 Å². The molecule has 0 fully saturated rings. The molecule has 1 unspecified atom stereocenters. The molecule has 1 heterocycles. The summed E-state index contributed by atoms with van der Waals surface area (Å²) in [6.07, 6.45) is 14.3. The molecule has 0 aliphatic carbocycles. The monoisotopic (exact) mass is 418 g/mol. The maximum Gasteiger partial charge on any atom is 0.162 e. The number of halogens is 2. The average molecular weight is 419 g/mol. The Balaban J connectivity index is 1.77. The van der Waals surface area contributed by atoms with E-state index in [2.05, 4.69) is 16.9 Å². The van der Waals surface area contributed by atoms with E-state index in [4.69, 9.17) is 4.74 Å². The van der Waals surface area contributed by atoms with Gasteiger partial charge < -0.3 is 4.74 Å². The molecule has 30 heavy (non-hydrogen) atoms. The summed E-state index contributed by atoms with van der Waals surface area (Å²) in [5, 5.41) is 0. The van der Waals surface area contributed by atoms with Crippen LogP contribution in [0.15, 0.2) is 30.6 Å². The summed E-state index contributed by atoms with van der Waals surface area (Å²) in [6, 6.07) is 4.87. The minimum absolute atomic E-state index is 0.372. The number of aryl methyl sites for hydroxylation is 1. The van der Waals surface area contributed by atoms with Gasteiger partial charge in [0.15, 0.2) is 5.82 Å². The minimum atomic E-state index is -0.727. The maximum absolute atomic E-state index is 14.5. The van der Waals surface area contributed by atoms with Crippen LogP contribution in [-0.2, 0) is 6.42 Å². The van der Waals surface area contributed by atoms with Gasteiger partial charge in [-0.3, -0.25) is 0 Å². The number of rotatable bonds is 15. The quantitative estimate of drug-likeness (QED) is 0.281. The number of benzene rings is 1. The summed E-state index contributed by atoms with van der Waals surface area (Å²) in [5.41, 5.74) is 1.40. The predicted molar refractivity (Wildman–Crippen MR) is 119 cm³/mol. The van der Waals surface area contributed by atoms with Crippen LogP contribution in [0.4, 0.5) is 8.78 Å². The zero-order chi connectivity index (χ0) is 21.6. The van der Waals surface area contributed by atoms with Gasteiger partial charge in [0.2, 0.25) is 0 Å². The van der Waals surface area contributed by atoms with Crippen molar-refractivity contribution in [3.05, 3.63) is 42.0 Å². The fourth-order valence-electron chi connectivity index (χ4n) is 3.39. The third-order valence-electron chi connectivity index (χ3n) is 5.22. The van der Waals surface area contributed by atoms with E-state index in [1.54, 1.807) is 31.5 Å². The Bertz CT molecular complexity index is 720. The SMILES string of the molecule is CCCCCCCCOc1ccc(-c2ncc(CCCCCC(C)F)cn2)c(F)c1. The molecule has 0 saturated heterocycles. The number of hydrogen-bond donors (Lipinski definition) is 0. The largest absolute Gasteiger partial charge is 0.493 e. The van der Waals surface area contributed by atoms with Crippen LogP contribution in [0.5, 0.6) is 5.75 Å². The Hall–Kier alpha value is -2.04. The molecule has 1 aromatic heterocycles. The Morgan fingerprint density at radius 1 is 0.933 bits per heavy atom. The molecule has 0 saturated carbocycles. The first-order chi connectivity index (χ1) is 14.6. The van der Waals surface area contributed by atoms with E-state index in [1.807, 2.05) is 0 Å². The third-order valence-corrected chi connectivity index (χ3v) is 5.22. The zero-order valence-corrected chi connectivity index (χ0v) is 18.5. The lowest BCUT2D eigenvalue weighted by molar-refractivity contribution is 0.303. The second-order valence-corrected chi connectivity index (χ2v) is 8.05. The first-order valence-electron chi connectivity index (χ1n) is 11.5. The summed E-state index contributed by atoms with van der Waals surface area (Å²) in [7, 11) is 0. The van der Waals surface area contributed by atoms with Crippen molar-refractivity contribution in [2.75, 3.05) is 6.61 Å². The van der Waals surface area contributed by atoms with Gasteiger partial charge in [0.25, 0.3) is 0 Å². The number of nitrogens with zero attached hydrogens (tertiary/aromatic N) is 2. The minimum Gasteiger partial charge on any atom is -0.493 e. The van der Waals surface area contributed by atoms with Crippen LogP contribution in [0.25, 0.3) is 11.4 Å². The van der Waals surface area contributed by atoms with Gasteiger partial charge in [-0.05, 0) is 50.3 Å². The topological polar surface area (TPSA) is 35.0 Å². The van der Waals surface area contributed by atoms with Crippen molar-refractivity contribution in [3.63, 3.8) is 0 Å². The number of ether oxygens (including phenoxy) is 1. The van der Waals surface area contributed by atoms with Crippen molar-refractivity contribution in [1.82, 2.24) is 9.97 Å². The van der Waals surface area contributed by atoms with Gasteiger partial charge in [-0.1, -0.05) is 51.9 Å². The van der Waals surface area contributed by atoms with Crippen LogP contribution in [0.2, 0.25) is 0 Å². The first-order valence-corrected chi connectivity index (χ1v) is 11.5. The Labute approximate surface area is 180 Å². The summed E-state index contributed by atoms with van der Waals surface area (Å²) in [6.45, 7) is 4.42. The highest BCUT2D eigenvalue weighted by Gasteiger charge is 2.10. The lowest BCUT2D eigenvalue weighted by atomic mass is 10.1. The van der Waals surface area contributed by atoms with Crippen LogP contribution in [0.3, 0.4) is 0 Å². The molecule has 1 aromatic carbocycles. The maximum atomic E-state index is 14.5. The van der Waals surface area contributed by atoms with Gasteiger partial charge in [0.05, 0.1) is 18.3 Å². The van der Waals surface area contributed by atoms with Crippen LogP contribution in [-0.4, -0.2) is 22.7 Å². The molecule has 1 atom stereocenters. The average Bonchev–Trinajstić information content (AvgIpc) is 2.73. The smallest absolute Gasteiger partial charge is 0.162 e. The highest BCUT2D eigenvalue weighted by molar-refractivity contribution is 5.57. The van der Waals surface area contributed by atoms with E-state index < -0.39 is 6.17 Å². The van der Waals surface area contributed by atoms with Gasteiger partial charge >= 0.3 is 0 Å². The predicted octanol–water partition coefficient (Wildman–Crippen LogP) is 7.48. The molecule has 0 aliphatic heterocycles. The van der Waals surface area contributed by atoms with Crippen LogP contribution in [0.1, 0.15) is 83.6 Å². The van der Waals surface area contributed by atoms with Crippen LogP contribution >= 0.6 is 0 Å². The molecule has 0 amide bonds. The summed E-state index contributed by atoms with van der Waals surface area (Å²) in [4.78, 5) is 8.65. The lowest BCUT2D eigenvalue weighted by Crippen LogP contribution is -1.99. The highest BCUT2D eigenvalue weighted by atomic mass is 19.1. The van der Waals surface area contributed by atoms with Gasteiger partial charge in [0.1, 0.15) is 11.6 Å². The molecule has 166 valence electrons. The molecular weight excluding hydrogens is 382 g/mol. The van der Waals surface area contributed by atoms with Crippen LogP contribution < -0.4 is 4.74 Å². The number of hydrogen-bond acceptors (Lipinski definition) is 3. The zero-order valence-electron chi connectivity index (χ0n) is 18.5. The van der Waals surface area contributed by atoms with E-state index in [9.17, 15) is 8.78 Å². The number of alkyl halides is 1. The first kappa shape index (κ1) is 24.2. The molecule has 2 aromatic rings. The van der Waals surface area contributed by atoms with E-state index in [-0.39, 0.29) is 5.82 Å². The van der Waals surface area contributed by atoms with Crippen molar-refractivity contribution in [1.29, 1.82) is 0 Å². The lowest BCUT2D eigenvalue weighted by Gasteiger charge is -2.09. The molecule has 0 aliphatic rings. The van der Waals surface area contributed by atoms with Crippen LogP contribution in [0, 0.1) is 5.82 Å². The van der Waals surface area contributed by atoms with E-state index in [0.717, 1.165) is 44.1 Å². The van der Waals surface area contributed by atoms with Crippen molar-refractivity contribution >= 4 is 0 Å². The van der Waals surface area contributed by atoms with Crippen molar-refractivity contribution < 1.29 is 13.5 Å². The van der Waals surface area contributed by atoms with E-state index in [0.29, 0.717) is 30.2 Å². The molecule has 0 spiro atoms. The summed E-state index contributed by atoms with van der Waals surface area (Å²) in [5.74, 6) is 0.553. The third kappa shape index (κ3) is 9.19. The number of unbranched alkanes of at least 4 members (excludes halogenated alkanes) is 7. The molecule has 0 bridgehead atoms. The van der Waals surface area contributed by atoms with Gasteiger partial charge in [0, 0.05) is 18.5 Å². The van der Waals surface area contributed by atoms with Gasteiger partial charge in [-0.15, -0.1) is 0 Å². The Morgan fingerprint density at radius 2 is 1.63 bits per heavy atom. The molecule has 0 N–H and O–H groups in total. The Kier molecular flexibility index (Phi) is 11.3. The van der Waals surface area contributed by atoms with E-state index >= 15 is 0 Å². The van der Waals surface area contributed by atoms with Crippen molar-refractivity contribution in [2.45, 2.75) is 90.6 Å². The molecule has 2 rings (SSSR count). The fourth-order valence-corrected chi connectivity index (χ4v) is 3.39. The van der Waals surface area contributed by atoms with E-state index in [1.165, 1.54) is 31.7 Å². The standard InChI is InChI=1S/C25H36F2N2O/c1-3-4-5-6-7-11-16-30-22-14-15-23(24(27)17-22)25-28-18-21(19-29-25)13-10-8-9-12-20(2)26/h14-15,17-20H,3-13,16H2,1-2H3. The second kappa shape index (κ2) is 14.1. The molecule has 3 nitrogen and oxygen atoms in total. The van der Waals surface area contributed by atoms with Crippen molar-refractivity contribution in [2.24, 2.45) is 0 Å². The number of aromatic nitrogens is 2. The Morgan fingerprint density at radius 3 is 2.33 bits per heavy atom.